The van der Waals surface area contributed by atoms with Crippen molar-refractivity contribution in [2.24, 2.45) is 0 Å². The van der Waals surface area contributed by atoms with Gasteiger partial charge >= 0.3 is 0 Å². The van der Waals surface area contributed by atoms with Gasteiger partial charge in [0.05, 0.1) is 5.25 Å². The molecule has 0 bridgehead atoms. The minimum absolute atomic E-state index is 0.122. The standard InChI is InChI=1S/C10H17NO3S/c1-7(2)10(12)11-8-3-5-9(6-4-8)15(13)14/h8-9H,1,3-6H2,2H3,(H,11,12)(H,13,14). The van der Waals surface area contributed by atoms with E-state index >= 15 is 0 Å². The van der Waals surface area contributed by atoms with E-state index in [1.807, 2.05) is 0 Å². The van der Waals surface area contributed by atoms with Gasteiger partial charge in [0, 0.05) is 11.6 Å². The van der Waals surface area contributed by atoms with E-state index in [2.05, 4.69) is 11.9 Å². The van der Waals surface area contributed by atoms with E-state index in [0.29, 0.717) is 18.4 Å². The number of amides is 1. The SMILES string of the molecule is C=C(C)C(=O)NC1CCC(S(=O)O)CC1. The van der Waals surface area contributed by atoms with Crippen molar-refractivity contribution in [1.82, 2.24) is 5.32 Å². The van der Waals surface area contributed by atoms with Gasteiger partial charge in [0.2, 0.25) is 5.91 Å². The number of hydrogen-bond donors (Lipinski definition) is 2. The molecule has 2 N–H and O–H groups in total. The monoisotopic (exact) mass is 231 g/mol. The zero-order valence-corrected chi connectivity index (χ0v) is 9.68. The Morgan fingerprint density at radius 1 is 1.40 bits per heavy atom. The van der Waals surface area contributed by atoms with Crippen LogP contribution in [0.4, 0.5) is 0 Å². The maximum Gasteiger partial charge on any atom is 0.246 e. The molecule has 1 fully saturated rings. The molecule has 4 nitrogen and oxygen atoms in total. The molecular formula is C10H17NO3S. The third-order valence-electron chi connectivity index (χ3n) is 2.68. The molecule has 1 atom stereocenters. The van der Waals surface area contributed by atoms with E-state index in [1.54, 1.807) is 6.92 Å². The van der Waals surface area contributed by atoms with E-state index in [9.17, 15) is 9.00 Å². The normalized spacial score (nSPS) is 28.1. The van der Waals surface area contributed by atoms with E-state index in [0.717, 1.165) is 12.8 Å². The Hall–Kier alpha value is -0.680. The fraction of sp³-hybridized carbons (Fsp3) is 0.700. The molecule has 1 aliphatic carbocycles. The predicted molar refractivity (Wildman–Crippen MR) is 59.8 cm³/mol. The van der Waals surface area contributed by atoms with Gasteiger partial charge in [-0.3, -0.25) is 4.79 Å². The molecule has 15 heavy (non-hydrogen) atoms. The van der Waals surface area contributed by atoms with Crippen molar-refractivity contribution in [1.29, 1.82) is 0 Å². The van der Waals surface area contributed by atoms with Gasteiger partial charge in [0.1, 0.15) is 0 Å². The fourth-order valence-corrected chi connectivity index (χ4v) is 2.39. The van der Waals surface area contributed by atoms with Gasteiger partial charge in [-0.15, -0.1) is 0 Å². The third-order valence-corrected chi connectivity index (χ3v) is 3.72. The largest absolute Gasteiger partial charge is 0.350 e. The first kappa shape index (κ1) is 12.4. The molecule has 0 aromatic carbocycles. The van der Waals surface area contributed by atoms with E-state index in [1.165, 1.54) is 0 Å². The lowest BCUT2D eigenvalue weighted by molar-refractivity contribution is -0.118. The summed E-state index contributed by atoms with van der Waals surface area (Å²) in [7, 11) is 0. The minimum atomic E-state index is -1.72. The first-order valence-electron chi connectivity index (χ1n) is 5.06. The Kier molecular flexibility index (Phi) is 4.47. The summed E-state index contributed by atoms with van der Waals surface area (Å²) in [4.78, 5) is 11.3. The maximum absolute atomic E-state index is 11.3. The van der Waals surface area contributed by atoms with Crippen LogP contribution in [0, 0.1) is 0 Å². The van der Waals surface area contributed by atoms with Crippen molar-refractivity contribution in [3.63, 3.8) is 0 Å². The van der Waals surface area contributed by atoms with Crippen LogP contribution in [0.5, 0.6) is 0 Å². The van der Waals surface area contributed by atoms with Crippen LogP contribution in [-0.2, 0) is 15.9 Å². The van der Waals surface area contributed by atoms with Crippen LogP contribution in [0.2, 0.25) is 0 Å². The highest BCUT2D eigenvalue weighted by Crippen LogP contribution is 2.22. The minimum Gasteiger partial charge on any atom is -0.350 e. The molecule has 0 aromatic heterocycles. The summed E-state index contributed by atoms with van der Waals surface area (Å²) in [5, 5.41) is 2.74. The van der Waals surface area contributed by atoms with Gasteiger partial charge in [-0.2, -0.15) is 0 Å². The highest BCUT2D eigenvalue weighted by Gasteiger charge is 2.25. The first-order chi connectivity index (χ1) is 7.00. The molecule has 0 aliphatic heterocycles. The Morgan fingerprint density at radius 2 is 1.93 bits per heavy atom. The number of carbonyl (C=O) groups excluding carboxylic acids is 1. The third kappa shape index (κ3) is 3.76. The lowest BCUT2D eigenvalue weighted by atomic mass is 9.95. The molecular weight excluding hydrogens is 214 g/mol. The summed E-state index contributed by atoms with van der Waals surface area (Å²) in [5.74, 6) is -0.122. The van der Waals surface area contributed by atoms with Crippen LogP contribution in [-0.4, -0.2) is 26.0 Å². The summed E-state index contributed by atoms with van der Waals surface area (Å²) in [6, 6.07) is 0.133. The average molecular weight is 231 g/mol. The van der Waals surface area contributed by atoms with E-state index < -0.39 is 11.1 Å². The Balaban J connectivity index is 2.35. The van der Waals surface area contributed by atoms with E-state index in [-0.39, 0.29) is 17.2 Å². The van der Waals surface area contributed by atoms with Crippen LogP contribution in [0.15, 0.2) is 12.2 Å². The fourth-order valence-electron chi connectivity index (χ4n) is 1.72. The van der Waals surface area contributed by atoms with Crippen LogP contribution in [0.25, 0.3) is 0 Å². The van der Waals surface area contributed by atoms with Gasteiger partial charge < -0.3 is 9.87 Å². The van der Waals surface area contributed by atoms with Crippen LogP contribution in [0.3, 0.4) is 0 Å². The van der Waals surface area contributed by atoms with Gasteiger partial charge in [-0.25, -0.2) is 4.21 Å². The van der Waals surface area contributed by atoms with Crippen molar-refractivity contribution < 1.29 is 13.6 Å². The van der Waals surface area contributed by atoms with Crippen molar-refractivity contribution in [3.8, 4) is 0 Å². The number of nitrogens with one attached hydrogen (secondary N) is 1. The molecule has 0 heterocycles. The summed E-state index contributed by atoms with van der Waals surface area (Å²) in [5.41, 5.74) is 0.503. The molecule has 1 aliphatic rings. The second kappa shape index (κ2) is 5.42. The zero-order chi connectivity index (χ0) is 11.4. The van der Waals surface area contributed by atoms with Crippen LogP contribution in [0.1, 0.15) is 32.6 Å². The second-order valence-corrected chi connectivity index (χ2v) is 5.22. The van der Waals surface area contributed by atoms with Gasteiger partial charge in [0.25, 0.3) is 0 Å². The molecule has 0 aromatic rings. The molecule has 1 rings (SSSR count). The molecule has 5 heteroatoms. The van der Waals surface area contributed by atoms with E-state index in [4.69, 9.17) is 4.55 Å². The zero-order valence-electron chi connectivity index (χ0n) is 8.86. The van der Waals surface area contributed by atoms with Gasteiger partial charge in [-0.1, -0.05) is 6.58 Å². The smallest absolute Gasteiger partial charge is 0.246 e. The van der Waals surface area contributed by atoms with Crippen LogP contribution < -0.4 is 5.32 Å². The number of carbonyl (C=O) groups is 1. The highest BCUT2D eigenvalue weighted by molar-refractivity contribution is 7.79. The topological polar surface area (TPSA) is 66.4 Å². The lowest BCUT2D eigenvalue weighted by Crippen LogP contribution is -2.39. The quantitative estimate of drug-likeness (QED) is 0.567. The Labute approximate surface area is 92.4 Å². The van der Waals surface area contributed by atoms with Gasteiger partial charge in [0.15, 0.2) is 11.1 Å². The summed E-state index contributed by atoms with van der Waals surface area (Å²) >= 11 is -1.72. The molecule has 0 spiro atoms. The molecule has 1 saturated carbocycles. The summed E-state index contributed by atoms with van der Waals surface area (Å²) < 4.78 is 19.7. The molecule has 1 unspecified atom stereocenters. The van der Waals surface area contributed by atoms with Crippen molar-refractivity contribution in [2.75, 3.05) is 0 Å². The van der Waals surface area contributed by atoms with Crippen molar-refractivity contribution >= 4 is 17.0 Å². The second-order valence-electron chi connectivity index (χ2n) is 4.00. The first-order valence-corrected chi connectivity index (χ1v) is 6.23. The average Bonchev–Trinajstić information content (AvgIpc) is 2.18. The summed E-state index contributed by atoms with van der Waals surface area (Å²) in [6.45, 7) is 5.23. The number of rotatable bonds is 3. The Bertz CT molecular complexity index is 282. The maximum atomic E-state index is 11.3. The van der Waals surface area contributed by atoms with Crippen molar-refractivity contribution in [2.45, 2.75) is 43.9 Å². The molecule has 0 saturated heterocycles. The predicted octanol–water partition coefficient (Wildman–Crippen LogP) is 1.21. The van der Waals surface area contributed by atoms with Gasteiger partial charge in [-0.05, 0) is 32.6 Å². The van der Waals surface area contributed by atoms with Crippen LogP contribution >= 0.6 is 0 Å². The summed E-state index contributed by atoms with van der Waals surface area (Å²) in [6.07, 6.45) is 2.94. The molecule has 0 radical (unpaired) electrons. The number of hydrogen-bond acceptors (Lipinski definition) is 2. The highest BCUT2D eigenvalue weighted by atomic mass is 32.2. The molecule has 86 valence electrons. The Morgan fingerprint density at radius 3 is 2.33 bits per heavy atom. The molecule has 1 amide bonds. The van der Waals surface area contributed by atoms with Crippen molar-refractivity contribution in [3.05, 3.63) is 12.2 Å². The lowest BCUT2D eigenvalue weighted by Gasteiger charge is -2.27.